The summed E-state index contributed by atoms with van der Waals surface area (Å²) in [6.07, 6.45) is -0.208. The highest BCUT2D eigenvalue weighted by atomic mass is 32.1. The van der Waals surface area contributed by atoms with Crippen LogP contribution in [-0.2, 0) is 19.1 Å². The third kappa shape index (κ3) is 6.12. The third-order valence-electron chi connectivity index (χ3n) is 1.99. The summed E-state index contributed by atoms with van der Waals surface area (Å²) in [5.74, 6) is -2.19. The number of carbonyl (C=O) groups is 3. The van der Waals surface area contributed by atoms with Crippen molar-refractivity contribution in [1.29, 1.82) is 0 Å². The van der Waals surface area contributed by atoms with Gasteiger partial charge < -0.3 is 20.9 Å². The van der Waals surface area contributed by atoms with E-state index in [0.29, 0.717) is 0 Å². The van der Waals surface area contributed by atoms with Crippen LogP contribution in [0.25, 0.3) is 0 Å². The number of carbonyl (C=O) groups excluding carboxylic acids is 2. The van der Waals surface area contributed by atoms with Gasteiger partial charge in [0, 0.05) is 12.2 Å². The van der Waals surface area contributed by atoms with Crippen LogP contribution in [0.1, 0.15) is 12.8 Å². The van der Waals surface area contributed by atoms with E-state index in [4.69, 9.17) is 10.8 Å². The molecule has 0 aromatic carbocycles. The molecule has 0 bridgehead atoms. The number of nitrogens with one attached hydrogen (secondary N) is 1. The predicted octanol–water partition coefficient (Wildman–Crippen LogP) is -1.23. The van der Waals surface area contributed by atoms with Gasteiger partial charge in [0.15, 0.2) is 0 Å². The molecule has 0 heterocycles. The molecular weight excluding hydrogens is 248 g/mol. The first-order valence-corrected chi connectivity index (χ1v) is 5.52. The molecule has 0 aliphatic carbocycles. The molecule has 0 aliphatic heterocycles. The molecule has 0 spiro atoms. The van der Waals surface area contributed by atoms with Gasteiger partial charge in [0.2, 0.25) is 5.91 Å². The summed E-state index contributed by atoms with van der Waals surface area (Å²) in [4.78, 5) is 32.9. The van der Waals surface area contributed by atoms with Crippen molar-refractivity contribution in [2.24, 2.45) is 5.73 Å². The van der Waals surface area contributed by atoms with E-state index in [1.807, 2.05) is 0 Å². The average Bonchev–Trinajstić information content (AvgIpc) is 2.31. The normalized spacial score (nSPS) is 13.6. The van der Waals surface area contributed by atoms with Crippen molar-refractivity contribution < 1.29 is 24.2 Å². The van der Waals surface area contributed by atoms with Crippen molar-refractivity contribution in [3.63, 3.8) is 0 Å². The molecule has 8 heteroatoms. The number of methoxy groups -OCH3 is 1. The van der Waals surface area contributed by atoms with E-state index in [2.05, 4.69) is 22.7 Å². The number of hydrogen-bond acceptors (Lipinski definition) is 6. The molecule has 0 rings (SSSR count). The lowest BCUT2D eigenvalue weighted by molar-refractivity contribution is -0.144. The topological polar surface area (TPSA) is 119 Å². The Bertz CT molecular complexity index is 297. The van der Waals surface area contributed by atoms with Gasteiger partial charge in [0.05, 0.1) is 13.2 Å². The summed E-state index contributed by atoms with van der Waals surface area (Å²) >= 11 is 3.89. The molecule has 7 nitrogen and oxygen atoms in total. The Morgan fingerprint density at radius 1 is 1.47 bits per heavy atom. The lowest BCUT2D eigenvalue weighted by Gasteiger charge is -2.17. The summed E-state index contributed by atoms with van der Waals surface area (Å²) in [5.41, 5.74) is 5.46. The number of carboxylic acids is 1. The maximum Gasteiger partial charge on any atom is 0.329 e. The Kier molecular flexibility index (Phi) is 7.31. The maximum absolute atomic E-state index is 11.5. The largest absolute Gasteiger partial charge is 0.481 e. The molecule has 17 heavy (non-hydrogen) atoms. The fourth-order valence-electron chi connectivity index (χ4n) is 1.01. The van der Waals surface area contributed by atoms with Gasteiger partial charge in [0.1, 0.15) is 6.04 Å². The summed E-state index contributed by atoms with van der Waals surface area (Å²) in [7, 11) is 1.19. The molecule has 0 fully saturated rings. The maximum atomic E-state index is 11.5. The quantitative estimate of drug-likeness (QED) is 0.337. The number of esters is 1. The molecule has 0 saturated heterocycles. The van der Waals surface area contributed by atoms with Crippen molar-refractivity contribution in [2.45, 2.75) is 24.9 Å². The Morgan fingerprint density at radius 2 is 2.06 bits per heavy atom. The van der Waals surface area contributed by atoms with Gasteiger partial charge in [-0.1, -0.05) is 0 Å². The molecule has 0 radical (unpaired) electrons. The molecule has 4 N–H and O–H groups in total. The SMILES string of the molecule is COC(=O)[C@H](CS)NC(=O)[C@@H](N)CCC(=O)O. The predicted molar refractivity (Wildman–Crippen MR) is 62.6 cm³/mol. The van der Waals surface area contributed by atoms with E-state index in [0.717, 1.165) is 0 Å². The van der Waals surface area contributed by atoms with E-state index >= 15 is 0 Å². The highest BCUT2D eigenvalue weighted by molar-refractivity contribution is 7.80. The van der Waals surface area contributed by atoms with Crippen LogP contribution in [0.3, 0.4) is 0 Å². The second-order valence-corrected chi connectivity index (χ2v) is 3.67. The minimum atomic E-state index is -1.04. The van der Waals surface area contributed by atoms with Crippen molar-refractivity contribution in [2.75, 3.05) is 12.9 Å². The number of thiol groups is 1. The van der Waals surface area contributed by atoms with Crippen LogP contribution in [0.4, 0.5) is 0 Å². The van der Waals surface area contributed by atoms with E-state index in [1.165, 1.54) is 7.11 Å². The lowest BCUT2D eigenvalue weighted by atomic mass is 10.1. The van der Waals surface area contributed by atoms with Gasteiger partial charge in [-0.05, 0) is 6.42 Å². The standard InChI is InChI=1S/C9H16N2O5S/c1-16-9(15)6(4-17)11-8(14)5(10)2-3-7(12)13/h5-6,17H,2-4,10H2,1H3,(H,11,14)(H,12,13)/t5-,6-/m0/s1. The molecule has 1 amide bonds. The number of hydrogen-bond donors (Lipinski definition) is 4. The first-order valence-electron chi connectivity index (χ1n) is 4.88. The van der Waals surface area contributed by atoms with Crippen LogP contribution >= 0.6 is 12.6 Å². The number of carboxylic acid groups (broad SMARTS) is 1. The Morgan fingerprint density at radius 3 is 2.47 bits per heavy atom. The van der Waals surface area contributed by atoms with Gasteiger partial charge in [0.25, 0.3) is 0 Å². The molecule has 0 unspecified atom stereocenters. The lowest BCUT2D eigenvalue weighted by Crippen LogP contribution is -2.49. The average molecular weight is 264 g/mol. The van der Waals surface area contributed by atoms with Gasteiger partial charge in [-0.15, -0.1) is 0 Å². The van der Waals surface area contributed by atoms with Crippen LogP contribution in [-0.4, -0.2) is 47.9 Å². The van der Waals surface area contributed by atoms with Crippen LogP contribution in [0.5, 0.6) is 0 Å². The summed E-state index contributed by atoms with van der Waals surface area (Å²) in [6, 6.07) is -1.86. The zero-order valence-corrected chi connectivity index (χ0v) is 10.3. The first kappa shape index (κ1) is 15.7. The molecule has 2 atom stereocenters. The van der Waals surface area contributed by atoms with Crippen molar-refractivity contribution in [1.82, 2.24) is 5.32 Å². The van der Waals surface area contributed by atoms with Crippen LogP contribution in [0.15, 0.2) is 0 Å². The van der Waals surface area contributed by atoms with E-state index in [1.54, 1.807) is 0 Å². The van der Waals surface area contributed by atoms with Gasteiger partial charge in [-0.3, -0.25) is 9.59 Å². The van der Waals surface area contributed by atoms with Crippen molar-refractivity contribution >= 4 is 30.5 Å². The Balaban J connectivity index is 4.21. The van der Waals surface area contributed by atoms with Crippen LogP contribution in [0.2, 0.25) is 0 Å². The number of aliphatic carboxylic acids is 1. The second-order valence-electron chi connectivity index (χ2n) is 3.31. The summed E-state index contributed by atoms with van der Waals surface area (Å²) < 4.78 is 4.44. The minimum absolute atomic E-state index is 0.00162. The number of rotatable bonds is 7. The summed E-state index contributed by atoms with van der Waals surface area (Å²) in [6.45, 7) is 0. The highest BCUT2D eigenvalue weighted by Gasteiger charge is 2.23. The molecular formula is C9H16N2O5S. The first-order chi connectivity index (χ1) is 7.92. The molecule has 0 saturated carbocycles. The van der Waals surface area contributed by atoms with Gasteiger partial charge in [-0.25, -0.2) is 4.79 Å². The third-order valence-corrected chi connectivity index (χ3v) is 2.36. The fraction of sp³-hybridized carbons (Fsp3) is 0.667. The highest BCUT2D eigenvalue weighted by Crippen LogP contribution is 1.97. The number of nitrogens with two attached hydrogens (primary N) is 1. The van der Waals surface area contributed by atoms with E-state index in [9.17, 15) is 14.4 Å². The zero-order valence-electron chi connectivity index (χ0n) is 9.38. The van der Waals surface area contributed by atoms with Crippen molar-refractivity contribution in [3.05, 3.63) is 0 Å². The minimum Gasteiger partial charge on any atom is -0.481 e. The monoisotopic (exact) mass is 264 g/mol. The Labute approximate surface area is 104 Å². The fourth-order valence-corrected chi connectivity index (χ4v) is 1.25. The van der Waals surface area contributed by atoms with E-state index < -0.39 is 29.9 Å². The van der Waals surface area contributed by atoms with Crippen LogP contribution < -0.4 is 11.1 Å². The second kappa shape index (κ2) is 7.91. The molecule has 0 aromatic rings. The number of amides is 1. The molecule has 0 aromatic heterocycles. The molecule has 0 aliphatic rings. The van der Waals surface area contributed by atoms with Gasteiger partial charge in [-0.2, -0.15) is 12.6 Å². The molecule has 98 valence electrons. The van der Waals surface area contributed by atoms with Gasteiger partial charge >= 0.3 is 11.9 Å². The Hall–Kier alpha value is -1.28. The zero-order chi connectivity index (χ0) is 13.4. The van der Waals surface area contributed by atoms with Crippen molar-refractivity contribution in [3.8, 4) is 0 Å². The van der Waals surface area contributed by atoms with E-state index in [-0.39, 0.29) is 18.6 Å². The van der Waals surface area contributed by atoms with Crippen LogP contribution in [0, 0.1) is 0 Å². The summed E-state index contributed by atoms with van der Waals surface area (Å²) in [5, 5.41) is 10.8. The number of ether oxygens (including phenoxy) is 1. The smallest absolute Gasteiger partial charge is 0.329 e.